The van der Waals surface area contributed by atoms with Crippen molar-refractivity contribution >= 4 is 28.7 Å². The molecule has 1 aromatic heterocycles. The van der Waals surface area contributed by atoms with E-state index in [0.717, 1.165) is 65.9 Å². The Morgan fingerprint density at radius 1 is 1.12 bits per heavy atom. The number of hydrogen-bond donors (Lipinski definition) is 1. The number of hydrogen-bond acceptors (Lipinski definition) is 4. The number of nitrogens with two attached hydrogens (primary N) is 1. The molecule has 32 heavy (non-hydrogen) atoms. The van der Waals surface area contributed by atoms with Crippen molar-refractivity contribution in [2.75, 3.05) is 0 Å². The first-order valence-corrected chi connectivity index (χ1v) is 12.5. The summed E-state index contributed by atoms with van der Waals surface area (Å²) >= 11 is 1.67. The van der Waals surface area contributed by atoms with Gasteiger partial charge in [0.2, 0.25) is 5.91 Å². The fourth-order valence-electron chi connectivity index (χ4n) is 4.29. The first kappa shape index (κ1) is 24.1. The average Bonchev–Trinajstić information content (AvgIpc) is 3.13. The molecule has 0 spiro atoms. The Morgan fingerprint density at radius 3 is 2.56 bits per heavy atom. The van der Waals surface area contributed by atoms with E-state index in [2.05, 4.69) is 45.0 Å². The van der Waals surface area contributed by atoms with Crippen LogP contribution in [-0.4, -0.2) is 17.4 Å². The second-order valence-corrected chi connectivity index (χ2v) is 9.67. The fraction of sp³-hybridized carbons (Fsp3) is 0.444. The Kier molecular flexibility index (Phi) is 8.19. The van der Waals surface area contributed by atoms with Gasteiger partial charge >= 0.3 is 0 Å². The average molecular weight is 451 g/mol. The molecule has 2 N–H and O–H groups in total. The minimum atomic E-state index is -0.249. The van der Waals surface area contributed by atoms with Gasteiger partial charge in [-0.25, -0.2) is 0 Å². The van der Waals surface area contributed by atoms with E-state index in [-0.39, 0.29) is 11.7 Å². The number of rotatable bonds is 9. The van der Waals surface area contributed by atoms with Gasteiger partial charge in [0.05, 0.1) is 10.6 Å². The predicted octanol–water partition coefficient (Wildman–Crippen LogP) is 6.31. The van der Waals surface area contributed by atoms with Gasteiger partial charge in [0.25, 0.3) is 0 Å². The summed E-state index contributed by atoms with van der Waals surface area (Å²) in [6, 6.07) is 8.48. The smallest absolute Gasteiger partial charge is 0.217 e. The van der Waals surface area contributed by atoms with Crippen molar-refractivity contribution in [1.29, 1.82) is 0 Å². The molecule has 4 nitrogen and oxygen atoms in total. The Hall–Kier alpha value is -2.53. The van der Waals surface area contributed by atoms with E-state index in [4.69, 9.17) is 10.7 Å². The summed E-state index contributed by atoms with van der Waals surface area (Å²) in [7, 11) is 0. The third-order valence-electron chi connectivity index (χ3n) is 6.09. The number of thiophene rings is 1. The monoisotopic (exact) mass is 450 g/mol. The van der Waals surface area contributed by atoms with E-state index in [9.17, 15) is 9.59 Å². The summed E-state index contributed by atoms with van der Waals surface area (Å²) in [4.78, 5) is 31.3. The summed E-state index contributed by atoms with van der Waals surface area (Å²) in [6.07, 6.45) is 6.10. The number of aryl methyl sites for hydroxylation is 2. The van der Waals surface area contributed by atoms with Crippen LogP contribution in [0, 0.1) is 6.92 Å². The first-order chi connectivity index (χ1) is 15.3. The van der Waals surface area contributed by atoms with Crippen LogP contribution in [0.3, 0.4) is 0 Å². The van der Waals surface area contributed by atoms with Crippen LogP contribution in [0.15, 0.2) is 40.5 Å². The Balaban J connectivity index is 2.15. The highest BCUT2D eigenvalue weighted by Gasteiger charge is 2.26. The number of nitrogens with zero attached hydrogens (tertiary/aromatic N) is 1. The number of unbranched alkanes of at least 4 members (excludes halogenated alkanes) is 1. The van der Waals surface area contributed by atoms with Crippen LogP contribution in [0.4, 0.5) is 0 Å². The number of Topliss-reactive ketones (excluding diaryl/α,β-unsaturated/α-hetero) is 1. The first-order valence-electron chi connectivity index (χ1n) is 11.7. The normalized spacial score (nSPS) is 13.9. The zero-order chi connectivity index (χ0) is 23.3. The van der Waals surface area contributed by atoms with Crippen LogP contribution in [-0.2, 0) is 17.6 Å². The third-order valence-corrected chi connectivity index (χ3v) is 7.42. The maximum Gasteiger partial charge on any atom is 0.217 e. The largest absolute Gasteiger partial charge is 0.370 e. The predicted molar refractivity (Wildman–Crippen MR) is 134 cm³/mol. The molecule has 2 heterocycles. The highest BCUT2D eigenvalue weighted by molar-refractivity contribution is 7.14. The number of primary amides is 1. The van der Waals surface area contributed by atoms with Gasteiger partial charge < -0.3 is 5.73 Å². The third kappa shape index (κ3) is 5.44. The van der Waals surface area contributed by atoms with E-state index in [1.165, 1.54) is 21.6 Å². The molecular weight excluding hydrogens is 416 g/mol. The number of amides is 1. The summed E-state index contributed by atoms with van der Waals surface area (Å²) in [5.41, 5.74) is 13.3. The number of benzene rings is 1. The molecular formula is C27H34N2O2S. The van der Waals surface area contributed by atoms with Crippen molar-refractivity contribution < 1.29 is 9.59 Å². The zero-order valence-corrected chi connectivity index (χ0v) is 20.5. The molecule has 5 heteroatoms. The molecule has 3 rings (SSSR count). The number of aliphatic imine (C=N–C) groups is 1. The molecule has 1 amide bonds. The molecule has 2 aromatic rings. The van der Waals surface area contributed by atoms with Crippen molar-refractivity contribution in [1.82, 2.24) is 0 Å². The number of carbonyl (C=O) groups excluding carboxylic acids is 2. The van der Waals surface area contributed by atoms with Crippen molar-refractivity contribution in [2.45, 2.75) is 79.1 Å². The topological polar surface area (TPSA) is 72.5 Å². The van der Waals surface area contributed by atoms with Gasteiger partial charge in [-0.1, -0.05) is 43.2 Å². The molecule has 170 valence electrons. The lowest BCUT2D eigenvalue weighted by atomic mass is 9.91. The molecule has 1 aliphatic heterocycles. The maximum atomic E-state index is 12.8. The number of ketones is 1. The zero-order valence-electron chi connectivity index (χ0n) is 19.7. The van der Waals surface area contributed by atoms with Crippen molar-refractivity contribution in [2.24, 2.45) is 10.7 Å². The summed E-state index contributed by atoms with van der Waals surface area (Å²) < 4.78 is 0. The Morgan fingerprint density at radius 2 is 1.91 bits per heavy atom. The van der Waals surface area contributed by atoms with Crippen molar-refractivity contribution in [3.05, 3.63) is 67.5 Å². The van der Waals surface area contributed by atoms with Gasteiger partial charge in [-0.05, 0) is 64.0 Å². The van der Waals surface area contributed by atoms with E-state index in [1.54, 1.807) is 11.3 Å². The lowest BCUT2D eigenvalue weighted by Gasteiger charge is -2.18. The van der Waals surface area contributed by atoms with E-state index >= 15 is 0 Å². The molecule has 0 saturated carbocycles. The van der Waals surface area contributed by atoms with Gasteiger partial charge in [0, 0.05) is 34.5 Å². The summed E-state index contributed by atoms with van der Waals surface area (Å²) in [5.74, 6) is -0.0283. The molecule has 0 atom stereocenters. The second-order valence-electron chi connectivity index (χ2n) is 8.57. The Bertz CT molecular complexity index is 1080. The lowest BCUT2D eigenvalue weighted by Crippen LogP contribution is -2.12. The lowest BCUT2D eigenvalue weighted by molar-refractivity contribution is -0.118. The van der Waals surface area contributed by atoms with Crippen molar-refractivity contribution in [3.8, 4) is 0 Å². The van der Waals surface area contributed by atoms with Crippen LogP contribution in [0.5, 0.6) is 0 Å². The molecule has 0 bridgehead atoms. The summed E-state index contributed by atoms with van der Waals surface area (Å²) in [6.45, 7) is 8.33. The fourth-order valence-corrected chi connectivity index (χ4v) is 5.69. The van der Waals surface area contributed by atoms with Crippen LogP contribution in [0.1, 0.15) is 96.1 Å². The van der Waals surface area contributed by atoms with E-state index in [0.29, 0.717) is 12.8 Å². The highest BCUT2D eigenvalue weighted by atomic mass is 32.1. The van der Waals surface area contributed by atoms with Gasteiger partial charge in [-0.15, -0.1) is 11.3 Å². The number of carbonyl (C=O) groups is 2. The SMILES string of the molecule is CCC(=O)c1sc2c(c1CC)C(c1cccc(C)c1)=NC(CCCCC(N)=O)=C(C)CC2. The van der Waals surface area contributed by atoms with Crippen molar-refractivity contribution in [3.63, 3.8) is 0 Å². The molecule has 1 aromatic carbocycles. The summed E-state index contributed by atoms with van der Waals surface area (Å²) in [5, 5.41) is 0. The van der Waals surface area contributed by atoms with Gasteiger partial charge in [-0.3, -0.25) is 14.6 Å². The molecule has 0 saturated heterocycles. The Labute approximate surface area is 195 Å². The molecule has 0 fully saturated rings. The maximum absolute atomic E-state index is 12.8. The molecule has 1 aliphatic rings. The van der Waals surface area contributed by atoms with Crippen LogP contribution in [0.2, 0.25) is 0 Å². The minimum absolute atomic E-state index is 0.221. The molecule has 0 aliphatic carbocycles. The van der Waals surface area contributed by atoms with Gasteiger partial charge in [0.1, 0.15) is 0 Å². The van der Waals surface area contributed by atoms with E-state index in [1.807, 2.05) is 6.92 Å². The van der Waals surface area contributed by atoms with Gasteiger partial charge in [0.15, 0.2) is 5.78 Å². The molecule has 0 unspecified atom stereocenters. The highest BCUT2D eigenvalue weighted by Crippen LogP contribution is 2.37. The minimum Gasteiger partial charge on any atom is -0.370 e. The van der Waals surface area contributed by atoms with E-state index < -0.39 is 0 Å². The van der Waals surface area contributed by atoms with Gasteiger partial charge in [-0.2, -0.15) is 0 Å². The molecule has 0 radical (unpaired) electrons. The number of fused-ring (bicyclic) bond motifs is 1. The number of allylic oxidation sites excluding steroid dienone is 2. The van der Waals surface area contributed by atoms with Crippen LogP contribution >= 0.6 is 11.3 Å². The quantitative estimate of drug-likeness (QED) is 0.359. The standard InChI is InChI=1S/C27H34N2O2S/c1-5-20-25-23(32-27(20)22(30)6-2)15-14-18(4)21(12-7-8-13-24(28)31)29-26(25)19-11-9-10-17(3)16-19/h9-11,16H,5-8,12-15H2,1-4H3,(H2,28,31). The van der Waals surface area contributed by atoms with Crippen LogP contribution in [0.25, 0.3) is 0 Å². The van der Waals surface area contributed by atoms with Crippen LogP contribution < -0.4 is 5.73 Å². The second kappa shape index (κ2) is 10.9.